The van der Waals surface area contributed by atoms with Crippen molar-refractivity contribution in [3.8, 4) is 22.5 Å². The Morgan fingerprint density at radius 2 is 1.73 bits per heavy atom. The molecule has 3 atom stereocenters. The second-order valence-electron chi connectivity index (χ2n) is 10.4. The molecule has 6 N–H and O–H groups in total. The lowest BCUT2D eigenvalue weighted by atomic mass is 9.96. The molecule has 1 fully saturated rings. The second kappa shape index (κ2) is 14.5. The van der Waals surface area contributed by atoms with E-state index < -0.39 is 24.4 Å². The Morgan fingerprint density at radius 3 is 2.32 bits per heavy atom. The van der Waals surface area contributed by atoms with Crippen LogP contribution in [-0.4, -0.2) is 72.4 Å². The van der Waals surface area contributed by atoms with Crippen molar-refractivity contribution in [2.24, 2.45) is 5.73 Å². The van der Waals surface area contributed by atoms with E-state index in [0.717, 1.165) is 29.9 Å². The number of hydrogen-bond acceptors (Lipinski definition) is 8. The summed E-state index contributed by atoms with van der Waals surface area (Å²) in [5, 5.41) is 29.8. The zero-order valence-corrected chi connectivity index (χ0v) is 24.9. The summed E-state index contributed by atoms with van der Waals surface area (Å²) in [6, 6.07) is 16.8. The SMILES string of the molecule is CCN(CC)c1cc2oc(-c3ccc(F)cc3)c(C(=O)NC)c2cc1-c1cccc(C(N)=O)c1.OCC1CC(O)CC(O)O1. The number of carbonyl (C=O) groups excluding carboxylic acids is 2. The van der Waals surface area contributed by atoms with Gasteiger partial charge in [-0.15, -0.1) is 0 Å². The molecule has 44 heavy (non-hydrogen) atoms. The van der Waals surface area contributed by atoms with Crippen LogP contribution < -0.4 is 16.0 Å². The number of anilines is 1. The van der Waals surface area contributed by atoms with Crippen LogP contribution in [0.1, 0.15) is 47.4 Å². The lowest BCUT2D eigenvalue weighted by molar-refractivity contribution is -0.197. The Labute approximate surface area is 254 Å². The predicted octanol–water partition coefficient (Wildman–Crippen LogP) is 4.05. The van der Waals surface area contributed by atoms with E-state index in [1.807, 2.05) is 18.2 Å². The number of ether oxygens (including phenoxy) is 1. The molecule has 2 heterocycles. The molecular formula is C33H38FN3O7. The molecular weight excluding hydrogens is 569 g/mol. The molecule has 3 unspecified atom stereocenters. The molecule has 1 aromatic heterocycles. The summed E-state index contributed by atoms with van der Waals surface area (Å²) < 4.78 is 24.6. The maximum Gasteiger partial charge on any atom is 0.255 e. The van der Waals surface area contributed by atoms with Crippen LogP contribution in [0.25, 0.3) is 33.4 Å². The van der Waals surface area contributed by atoms with Gasteiger partial charge in [-0.1, -0.05) is 12.1 Å². The van der Waals surface area contributed by atoms with Crippen molar-refractivity contribution < 1.29 is 38.5 Å². The van der Waals surface area contributed by atoms with Crippen LogP contribution in [0.4, 0.5) is 10.1 Å². The molecule has 2 amide bonds. The number of hydrogen-bond donors (Lipinski definition) is 5. The van der Waals surface area contributed by atoms with Crippen LogP contribution in [0, 0.1) is 5.82 Å². The third-order valence-corrected chi connectivity index (χ3v) is 7.49. The van der Waals surface area contributed by atoms with Crippen molar-refractivity contribution in [1.29, 1.82) is 0 Å². The largest absolute Gasteiger partial charge is 0.455 e. The van der Waals surface area contributed by atoms with Gasteiger partial charge >= 0.3 is 0 Å². The normalized spacial score (nSPS) is 17.9. The number of nitrogens with two attached hydrogens (primary N) is 1. The number of fused-ring (bicyclic) bond motifs is 1. The van der Waals surface area contributed by atoms with E-state index in [0.29, 0.717) is 39.8 Å². The Kier molecular flexibility index (Phi) is 10.7. The predicted molar refractivity (Wildman–Crippen MR) is 166 cm³/mol. The molecule has 0 saturated carbocycles. The van der Waals surface area contributed by atoms with Gasteiger partial charge < -0.3 is 40.4 Å². The average molecular weight is 608 g/mol. The van der Waals surface area contributed by atoms with E-state index in [-0.39, 0.29) is 24.8 Å². The van der Waals surface area contributed by atoms with Crippen molar-refractivity contribution in [3.63, 3.8) is 0 Å². The maximum atomic E-state index is 13.5. The summed E-state index contributed by atoms with van der Waals surface area (Å²) >= 11 is 0. The van der Waals surface area contributed by atoms with Gasteiger partial charge in [0.25, 0.3) is 5.91 Å². The highest BCUT2D eigenvalue weighted by Crippen LogP contribution is 2.41. The van der Waals surface area contributed by atoms with Gasteiger partial charge in [-0.3, -0.25) is 9.59 Å². The highest BCUT2D eigenvalue weighted by atomic mass is 19.1. The number of nitrogens with one attached hydrogen (secondary N) is 1. The number of benzene rings is 3. The fourth-order valence-corrected chi connectivity index (χ4v) is 5.27. The smallest absolute Gasteiger partial charge is 0.255 e. The fourth-order valence-electron chi connectivity index (χ4n) is 5.27. The highest BCUT2D eigenvalue weighted by Gasteiger charge is 2.26. The van der Waals surface area contributed by atoms with Crippen molar-refractivity contribution in [3.05, 3.63) is 77.6 Å². The monoisotopic (exact) mass is 607 g/mol. The highest BCUT2D eigenvalue weighted by molar-refractivity contribution is 6.13. The van der Waals surface area contributed by atoms with Gasteiger partial charge in [0.1, 0.15) is 17.2 Å². The molecule has 234 valence electrons. The van der Waals surface area contributed by atoms with E-state index >= 15 is 0 Å². The van der Waals surface area contributed by atoms with Gasteiger partial charge in [-0.25, -0.2) is 4.39 Å². The average Bonchev–Trinajstić information content (AvgIpc) is 3.39. The van der Waals surface area contributed by atoms with Gasteiger partial charge in [-0.05, 0) is 61.9 Å². The Hall–Kier alpha value is -4.29. The van der Waals surface area contributed by atoms with Crippen LogP contribution in [-0.2, 0) is 4.74 Å². The summed E-state index contributed by atoms with van der Waals surface area (Å²) in [7, 11) is 1.55. The molecule has 0 aliphatic carbocycles. The molecule has 1 aliphatic rings. The van der Waals surface area contributed by atoms with Gasteiger partial charge in [-0.2, -0.15) is 0 Å². The topological polar surface area (TPSA) is 158 Å². The van der Waals surface area contributed by atoms with Gasteiger partial charge in [0, 0.05) is 66.8 Å². The minimum absolute atomic E-state index is 0.145. The van der Waals surface area contributed by atoms with Crippen LogP contribution in [0.2, 0.25) is 0 Å². The van der Waals surface area contributed by atoms with E-state index in [2.05, 4.69) is 24.1 Å². The molecule has 1 aliphatic heterocycles. The Morgan fingerprint density at radius 1 is 1.02 bits per heavy atom. The first-order chi connectivity index (χ1) is 21.1. The zero-order valence-electron chi connectivity index (χ0n) is 24.9. The van der Waals surface area contributed by atoms with E-state index in [4.69, 9.17) is 30.2 Å². The quantitative estimate of drug-likeness (QED) is 0.201. The minimum Gasteiger partial charge on any atom is -0.455 e. The van der Waals surface area contributed by atoms with Crippen molar-refractivity contribution in [1.82, 2.24) is 5.32 Å². The molecule has 11 heteroatoms. The zero-order chi connectivity index (χ0) is 32.0. The number of primary amides is 1. The first-order valence-electron chi connectivity index (χ1n) is 14.5. The fraction of sp³-hybridized carbons (Fsp3) is 0.333. The number of halogens is 1. The first-order valence-corrected chi connectivity index (χ1v) is 14.5. The molecule has 0 bridgehead atoms. The number of furan rings is 1. The number of nitrogens with zero attached hydrogens (tertiary/aromatic N) is 1. The van der Waals surface area contributed by atoms with E-state index in [1.165, 1.54) is 12.1 Å². The first kappa shape index (κ1) is 32.6. The van der Waals surface area contributed by atoms with Gasteiger partial charge in [0.15, 0.2) is 6.29 Å². The number of rotatable bonds is 8. The molecule has 5 rings (SSSR count). The Balaban J connectivity index is 0.000000375. The van der Waals surface area contributed by atoms with Gasteiger partial charge in [0.2, 0.25) is 5.91 Å². The number of amides is 2. The van der Waals surface area contributed by atoms with Crippen LogP contribution in [0.15, 0.2) is 65.1 Å². The number of aliphatic hydroxyl groups excluding tert-OH is 3. The molecule has 10 nitrogen and oxygen atoms in total. The third kappa shape index (κ3) is 7.25. The summed E-state index contributed by atoms with van der Waals surface area (Å²) in [5.41, 5.74) is 9.96. The van der Waals surface area contributed by atoms with E-state index in [9.17, 15) is 14.0 Å². The standard InChI is InChI=1S/C27H26FN3O3.C6H12O4/c1-4-31(5-2)22-15-23-21(14-20(22)17-7-6-8-18(13-17)26(29)32)24(27(33)30-3)25(34-23)16-9-11-19(28)12-10-16;7-3-5-1-4(8)2-6(9)10-5/h6-15H,4-5H2,1-3H3,(H2,29,32)(H,30,33);4-9H,1-3H2. The summed E-state index contributed by atoms with van der Waals surface area (Å²) in [6.45, 7) is 5.46. The Bertz CT molecular complexity index is 1590. The molecule has 1 saturated heterocycles. The lowest BCUT2D eigenvalue weighted by Crippen LogP contribution is -2.37. The van der Waals surface area contributed by atoms with Crippen LogP contribution in [0.3, 0.4) is 0 Å². The lowest BCUT2D eigenvalue weighted by Gasteiger charge is -2.28. The van der Waals surface area contributed by atoms with E-state index in [1.54, 1.807) is 37.4 Å². The molecule has 4 aromatic rings. The third-order valence-electron chi connectivity index (χ3n) is 7.49. The summed E-state index contributed by atoms with van der Waals surface area (Å²) in [6.07, 6.45) is -1.20. The van der Waals surface area contributed by atoms with Crippen molar-refractivity contribution in [2.45, 2.75) is 45.2 Å². The molecule has 0 spiro atoms. The van der Waals surface area contributed by atoms with Crippen LogP contribution in [0.5, 0.6) is 0 Å². The number of carbonyl (C=O) groups is 2. The molecule has 0 radical (unpaired) electrons. The summed E-state index contributed by atoms with van der Waals surface area (Å²) in [5.74, 6) is -0.838. The maximum absolute atomic E-state index is 13.5. The van der Waals surface area contributed by atoms with Crippen molar-refractivity contribution in [2.75, 3.05) is 31.6 Å². The van der Waals surface area contributed by atoms with Crippen LogP contribution >= 0.6 is 0 Å². The van der Waals surface area contributed by atoms with Crippen molar-refractivity contribution >= 4 is 28.5 Å². The minimum atomic E-state index is -0.916. The van der Waals surface area contributed by atoms with Gasteiger partial charge in [0.05, 0.1) is 24.4 Å². The number of aliphatic hydroxyl groups is 3. The molecule has 3 aromatic carbocycles. The summed E-state index contributed by atoms with van der Waals surface area (Å²) in [4.78, 5) is 26.9. The second-order valence-corrected chi connectivity index (χ2v) is 10.4.